The fourth-order valence-corrected chi connectivity index (χ4v) is 3.86. The first kappa shape index (κ1) is 23.5. The SMILES string of the molecule is CCOc1cc(/C=C2\SC(=O)N(CCOc3ccccc3Cl)C2=O)ccc1OCC(N)=O. The van der Waals surface area contributed by atoms with Crippen molar-refractivity contribution in [2.75, 3.05) is 26.4 Å². The van der Waals surface area contributed by atoms with Crippen molar-refractivity contribution in [1.82, 2.24) is 4.90 Å². The molecule has 0 aromatic heterocycles. The number of carbonyl (C=O) groups is 3. The number of hydrogen-bond acceptors (Lipinski definition) is 7. The molecule has 32 heavy (non-hydrogen) atoms. The van der Waals surface area contributed by atoms with Crippen LogP contribution in [0.3, 0.4) is 0 Å². The number of carbonyl (C=O) groups excluding carboxylic acids is 3. The monoisotopic (exact) mass is 476 g/mol. The molecule has 0 spiro atoms. The molecule has 10 heteroatoms. The molecule has 3 amide bonds. The number of ether oxygens (including phenoxy) is 3. The number of rotatable bonds is 10. The molecule has 2 aromatic carbocycles. The highest BCUT2D eigenvalue weighted by atomic mass is 35.5. The first-order valence-electron chi connectivity index (χ1n) is 9.69. The quantitative estimate of drug-likeness (QED) is 0.520. The van der Waals surface area contributed by atoms with Gasteiger partial charge in [-0.3, -0.25) is 19.3 Å². The summed E-state index contributed by atoms with van der Waals surface area (Å²) in [6.45, 7) is 2.11. The van der Waals surface area contributed by atoms with Crippen molar-refractivity contribution >= 4 is 46.5 Å². The summed E-state index contributed by atoms with van der Waals surface area (Å²) in [6, 6.07) is 11.9. The number of halogens is 1. The first-order chi connectivity index (χ1) is 15.4. The topological polar surface area (TPSA) is 108 Å². The van der Waals surface area contributed by atoms with E-state index in [2.05, 4.69) is 0 Å². The number of para-hydroxylation sites is 1. The van der Waals surface area contributed by atoms with Crippen molar-refractivity contribution < 1.29 is 28.6 Å². The molecule has 0 unspecified atom stereocenters. The molecule has 1 aliphatic rings. The molecular weight excluding hydrogens is 456 g/mol. The van der Waals surface area contributed by atoms with Crippen molar-refractivity contribution in [3.8, 4) is 17.2 Å². The average molecular weight is 477 g/mol. The first-order valence-corrected chi connectivity index (χ1v) is 10.9. The molecule has 0 bridgehead atoms. The Hall–Kier alpha value is -3.17. The molecule has 0 atom stereocenters. The second-order valence-electron chi connectivity index (χ2n) is 6.51. The number of amides is 3. The molecule has 8 nitrogen and oxygen atoms in total. The summed E-state index contributed by atoms with van der Waals surface area (Å²) >= 11 is 6.89. The van der Waals surface area contributed by atoms with Gasteiger partial charge in [0.1, 0.15) is 12.4 Å². The Kier molecular flexibility index (Phi) is 8.02. The van der Waals surface area contributed by atoms with Gasteiger partial charge in [-0.25, -0.2) is 0 Å². The Bertz CT molecular complexity index is 1060. The number of imide groups is 1. The highest BCUT2D eigenvalue weighted by molar-refractivity contribution is 8.18. The van der Waals surface area contributed by atoms with Gasteiger partial charge in [0.2, 0.25) is 0 Å². The molecule has 3 rings (SSSR count). The molecule has 0 saturated carbocycles. The fourth-order valence-electron chi connectivity index (χ4n) is 2.80. The van der Waals surface area contributed by atoms with Crippen LogP contribution in [0.2, 0.25) is 5.02 Å². The molecule has 1 aliphatic heterocycles. The van der Waals surface area contributed by atoms with Crippen molar-refractivity contribution in [2.45, 2.75) is 6.92 Å². The minimum absolute atomic E-state index is 0.0946. The number of primary amides is 1. The van der Waals surface area contributed by atoms with Crippen molar-refractivity contribution in [3.63, 3.8) is 0 Å². The van der Waals surface area contributed by atoms with Gasteiger partial charge in [0, 0.05) is 0 Å². The average Bonchev–Trinajstić information content (AvgIpc) is 3.02. The summed E-state index contributed by atoms with van der Waals surface area (Å²) in [7, 11) is 0. The van der Waals surface area contributed by atoms with Crippen LogP contribution in [0.15, 0.2) is 47.4 Å². The van der Waals surface area contributed by atoms with E-state index in [9.17, 15) is 14.4 Å². The van der Waals surface area contributed by atoms with E-state index < -0.39 is 11.8 Å². The third-order valence-electron chi connectivity index (χ3n) is 4.22. The summed E-state index contributed by atoms with van der Waals surface area (Å²) in [4.78, 5) is 37.4. The van der Waals surface area contributed by atoms with E-state index in [1.807, 2.05) is 0 Å². The van der Waals surface area contributed by atoms with Crippen LogP contribution in [0.1, 0.15) is 12.5 Å². The summed E-state index contributed by atoms with van der Waals surface area (Å²) in [5.41, 5.74) is 5.75. The van der Waals surface area contributed by atoms with Gasteiger partial charge in [-0.1, -0.05) is 29.8 Å². The van der Waals surface area contributed by atoms with Gasteiger partial charge in [-0.2, -0.15) is 0 Å². The van der Waals surface area contributed by atoms with E-state index in [1.165, 1.54) is 0 Å². The lowest BCUT2D eigenvalue weighted by molar-refractivity contribution is -0.123. The standard InChI is InChI=1S/C22H21ClN2O6S/c1-2-29-18-11-14(7-8-17(18)31-13-20(24)26)12-19-21(27)25(22(28)32-19)9-10-30-16-6-4-3-5-15(16)23/h3-8,11-12H,2,9-10,13H2,1H3,(H2,24,26)/b19-12-. The summed E-state index contributed by atoms with van der Waals surface area (Å²) in [5.74, 6) is 0.222. The van der Waals surface area contributed by atoms with Crippen molar-refractivity contribution in [2.24, 2.45) is 5.73 Å². The van der Waals surface area contributed by atoms with Crippen LogP contribution in [-0.2, 0) is 9.59 Å². The molecule has 2 N–H and O–H groups in total. The second-order valence-corrected chi connectivity index (χ2v) is 7.91. The van der Waals surface area contributed by atoms with E-state index in [0.29, 0.717) is 34.4 Å². The molecule has 1 heterocycles. The molecule has 1 saturated heterocycles. The molecular formula is C22H21ClN2O6S. The summed E-state index contributed by atoms with van der Waals surface area (Å²) < 4.78 is 16.5. The zero-order valence-electron chi connectivity index (χ0n) is 17.2. The van der Waals surface area contributed by atoms with Gasteiger partial charge in [-0.05, 0) is 54.6 Å². The van der Waals surface area contributed by atoms with Gasteiger partial charge >= 0.3 is 0 Å². The number of thioether (sulfide) groups is 1. The fraction of sp³-hybridized carbons (Fsp3) is 0.227. The maximum absolute atomic E-state index is 12.7. The van der Waals surface area contributed by atoms with Gasteiger partial charge in [-0.15, -0.1) is 0 Å². The Labute approximate surface area is 194 Å². The Morgan fingerprint density at radius 3 is 2.59 bits per heavy atom. The molecule has 0 aliphatic carbocycles. The van der Waals surface area contributed by atoms with E-state index in [4.69, 9.17) is 31.5 Å². The number of hydrogen-bond donors (Lipinski definition) is 1. The second kappa shape index (κ2) is 10.9. The molecule has 0 radical (unpaired) electrons. The van der Waals surface area contributed by atoms with Crippen molar-refractivity contribution in [1.29, 1.82) is 0 Å². The number of benzene rings is 2. The van der Waals surface area contributed by atoms with Crippen molar-refractivity contribution in [3.05, 3.63) is 58.0 Å². The summed E-state index contributed by atoms with van der Waals surface area (Å²) in [6.07, 6.45) is 1.60. The van der Waals surface area contributed by atoms with Crippen LogP contribution in [0.25, 0.3) is 6.08 Å². The lowest BCUT2D eigenvalue weighted by atomic mass is 10.2. The maximum atomic E-state index is 12.7. The third kappa shape index (κ3) is 5.95. The zero-order valence-corrected chi connectivity index (χ0v) is 18.8. The zero-order chi connectivity index (χ0) is 23.1. The van der Waals surface area contributed by atoms with Crippen LogP contribution in [-0.4, -0.2) is 48.3 Å². The highest BCUT2D eigenvalue weighted by Crippen LogP contribution is 2.34. The van der Waals surface area contributed by atoms with Gasteiger partial charge in [0.15, 0.2) is 18.1 Å². The Balaban J connectivity index is 1.68. The van der Waals surface area contributed by atoms with E-state index in [1.54, 1.807) is 55.5 Å². The molecule has 1 fully saturated rings. The third-order valence-corrected chi connectivity index (χ3v) is 5.44. The van der Waals surface area contributed by atoms with E-state index in [-0.39, 0.29) is 29.9 Å². The van der Waals surface area contributed by atoms with Gasteiger partial charge < -0.3 is 19.9 Å². The van der Waals surface area contributed by atoms with Crippen LogP contribution in [0.4, 0.5) is 4.79 Å². The van der Waals surface area contributed by atoms with Crippen LogP contribution in [0, 0.1) is 0 Å². The molecule has 168 valence electrons. The summed E-state index contributed by atoms with van der Waals surface area (Å²) in [5, 5.41) is 0.0744. The maximum Gasteiger partial charge on any atom is 0.293 e. The van der Waals surface area contributed by atoms with E-state index in [0.717, 1.165) is 16.7 Å². The smallest absolute Gasteiger partial charge is 0.293 e. The van der Waals surface area contributed by atoms with Gasteiger partial charge in [0.25, 0.3) is 17.1 Å². The Morgan fingerprint density at radius 2 is 1.88 bits per heavy atom. The molecule has 2 aromatic rings. The predicted molar refractivity (Wildman–Crippen MR) is 122 cm³/mol. The minimum Gasteiger partial charge on any atom is -0.490 e. The van der Waals surface area contributed by atoms with Crippen LogP contribution < -0.4 is 19.9 Å². The van der Waals surface area contributed by atoms with Crippen LogP contribution in [0.5, 0.6) is 17.2 Å². The van der Waals surface area contributed by atoms with E-state index >= 15 is 0 Å². The Morgan fingerprint density at radius 1 is 1.09 bits per heavy atom. The highest BCUT2D eigenvalue weighted by Gasteiger charge is 2.34. The minimum atomic E-state index is -0.608. The number of nitrogens with zero attached hydrogens (tertiary/aromatic N) is 1. The van der Waals surface area contributed by atoms with Gasteiger partial charge in [0.05, 0.1) is 23.1 Å². The largest absolute Gasteiger partial charge is 0.490 e. The number of nitrogens with two attached hydrogens (primary N) is 1. The normalized spacial score (nSPS) is 14.7. The predicted octanol–water partition coefficient (Wildman–Crippen LogP) is 3.72. The lowest BCUT2D eigenvalue weighted by Gasteiger charge is -2.14. The van der Waals surface area contributed by atoms with Crippen LogP contribution >= 0.6 is 23.4 Å². The lowest BCUT2D eigenvalue weighted by Crippen LogP contribution is -2.32.